The van der Waals surface area contributed by atoms with Crippen molar-refractivity contribution in [2.24, 2.45) is 0 Å². The van der Waals surface area contributed by atoms with Crippen LogP contribution in [0.5, 0.6) is 0 Å². The molecule has 0 bridgehead atoms. The highest BCUT2D eigenvalue weighted by Crippen LogP contribution is 2.16. The topological polar surface area (TPSA) is 81.7 Å². The molecule has 2 aromatic carbocycles. The molecule has 0 aliphatic heterocycles. The predicted molar refractivity (Wildman–Crippen MR) is 102 cm³/mol. The van der Waals surface area contributed by atoms with Gasteiger partial charge < -0.3 is 14.8 Å². The molecule has 0 aromatic heterocycles. The van der Waals surface area contributed by atoms with E-state index in [4.69, 9.17) is 9.47 Å². The summed E-state index contributed by atoms with van der Waals surface area (Å²) in [6.45, 7) is 5.47. The summed E-state index contributed by atoms with van der Waals surface area (Å²) in [5.74, 6) is -1.55. The van der Waals surface area contributed by atoms with Crippen molar-refractivity contribution in [1.82, 2.24) is 0 Å². The zero-order valence-corrected chi connectivity index (χ0v) is 15.7. The van der Waals surface area contributed by atoms with E-state index < -0.39 is 24.5 Å². The van der Waals surface area contributed by atoms with Gasteiger partial charge in [-0.1, -0.05) is 30.3 Å². The molecule has 0 saturated carbocycles. The Morgan fingerprint density at radius 2 is 1.70 bits per heavy atom. The average molecular weight is 369 g/mol. The summed E-state index contributed by atoms with van der Waals surface area (Å²) < 4.78 is 9.99. The normalized spacial score (nSPS) is 10.2. The van der Waals surface area contributed by atoms with Crippen molar-refractivity contribution in [1.29, 1.82) is 0 Å². The second kappa shape index (κ2) is 9.52. The van der Waals surface area contributed by atoms with Gasteiger partial charge in [0.1, 0.15) is 0 Å². The molecule has 0 aliphatic carbocycles. The van der Waals surface area contributed by atoms with Gasteiger partial charge in [-0.05, 0) is 49.6 Å². The second-order valence-electron chi connectivity index (χ2n) is 6.07. The lowest BCUT2D eigenvalue weighted by Gasteiger charge is -2.11. The molecule has 0 saturated heterocycles. The van der Waals surface area contributed by atoms with E-state index in [-0.39, 0.29) is 18.6 Å². The van der Waals surface area contributed by atoms with Crippen LogP contribution in [-0.4, -0.2) is 31.1 Å². The predicted octanol–water partition coefficient (Wildman–Crippen LogP) is 3.20. The van der Waals surface area contributed by atoms with Crippen molar-refractivity contribution in [3.63, 3.8) is 0 Å². The van der Waals surface area contributed by atoms with Crippen LogP contribution in [-0.2, 0) is 25.5 Å². The first-order valence-corrected chi connectivity index (χ1v) is 8.68. The van der Waals surface area contributed by atoms with Crippen LogP contribution < -0.4 is 5.32 Å². The van der Waals surface area contributed by atoms with Crippen molar-refractivity contribution in [2.75, 3.05) is 18.5 Å². The van der Waals surface area contributed by atoms with Crippen LogP contribution in [0.4, 0.5) is 5.69 Å². The average Bonchev–Trinajstić information content (AvgIpc) is 2.64. The first-order chi connectivity index (χ1) is 12.9. The number of para-hydroxylation sites is 1. The summed E-state index contributed by atoms with van der Waals surface area (Å²) in [5.41, 5.74) is 3.62. The van der Waals surface area contributed by atoms with Gasteiger partial charge in [0.05, 0.1) is 24.3 Å². The molecule has 0 spiro atoms. The van der Waals surface area contributed by atoms with Gasteiger partial charge in [-0.25, -0.2) is 4.79 Å². The molecule has 0 atom stereocenters. The summed E-state index contributed by atoms with van der Waals surface area (Å²) in [6, 6.07) is 12.2. The maximum Gasteiger partial charge on any atom is 0.340 e. The van der Waals surface area contributed by atoms with Crippen LogP contribution in [0.25, 0.3) is 0 Å². The van der Waals surface area contributed by atoms with Crippen molar-refractivity contribution < 1.29 is 23.9 Å². The zero-order chi connectivity index (χ0) is 19.8. The number of carbonyl (C=O) groups excluding carboxylic acids is 3. The molecule has 2 aromatic rings. The monoisotopic (exact) mass is 369 g/mol. The third-order valence-corrected chi connectivity index (χ3v) is 3.98. The molecule has 27 heavy (non-hydrogen) atoms. The van der Waals surface area contributed by atoms with Gasteiger partial charge in [-0.3, -0.25) is 9.59 Å². The van der Waals surface area contributed by atoms with Gasteiger partial charge in [0.15, 0.2) is 6.61 Å². The minimum Gasteiger partial charge on any atom is -0.462 e. The van der Waals surface area contributed by atoms with Gasteiger partial charge in [0, 0.05) is 0 Å². The van der Waals surface area contributed by atoms with Gasteiger partial charge in [-0.2, -0.15) is 0 Å². The molecular formula is C21H23NO5. The smallest absolute Gasteiger partial charge is 0.340 e. The van der Waals surface area contributed by atoms with E-state index >= 15 is 0 Å². The lowest BCUT2D eigenvalue weighted by Crippen LogP contribution is -2.23. The Morgan fingerprint density at radius 3 is 2.41 bits per heavy atom. The van der Waals surface area contributed by atoms with Crippen LogP contribution in [0.1, 0.15) is 34.0 Å². The molecule has 0 unspecified atom stereocenters. The van der Waals surface area contributed by atoms with E-state index in [1.807, 2.05) is 32.0 Å². The van der Waals surface area contributed by atoms with Crippen molar-refractivity contribution in [2.45, 2.75) is 27.2 Å². The Morgan fingerprint density at radius 1 is 0.963 bits per heavy atom. The first kappa shape index (κ1) is 20.2. The number of esters is 2. The minimum absolute atomic E-state index is 0.0911. The number of rotatable bonds is 7. The summed E-state index contributed by atoms with van der Waals surface area (Å²) in [7, 11) is 0. The van der Waals surface area contributed by atoms with E-state index in [1.165, 1.54) is 0 Å². The van der Waals surface area contributed by atoms with Gasteiger partial charge >= 0.3 is 11.9 Å². The maximum absolute atomic E-state index is 12.1. The molecule has 6 heteroatoms. The highest BCUT2D eigenvalue weighted by atomic mass is 16.5. The molecule has 2 rings (SSSR count). The molecule has 1 N–H and O–H groups in total. The maximum atomic E-state index is 12.1. The molecule has 142 valence electrons. The minimum atomic E-state index is -0.528. The Kier molecular flexibility index (Phi) is 7.11. The molecule has 1 amide bonds. The van der Waals surface area contributed by atoms with Crippen molar-refractivity contribution >= 4 is 23.5 Å². The number of nitrogens with one attached hydrogen (secondary N) is 1. The quantitative estimate of drug-likeness (QED) is 0.758. The Hall–Kier alpha value is -3.15. The molecule has 0 radical (unpaired) electrons. The zero-order valence-electron chi connectivity index (χ0n) is 15.7. The van der Waals surface area contributed by atoms with Gasteiger partial charge in [-0.15, -0.1) is 0 Å². The first-order valence-electron chi connectivity index (χ1n) is 8.68. The van der Waals surface area contributed by atoms with E-state index in [0.29, 0.717) is 5.69 Å². The Bertz CT molecular complexity index is 844. The lowest BCUT2D eigenvalue weighted by atomic mass is 10.0. The SMILES string of the molecule is CCOC(=O)c1ccccc1NC(=O)COC(=O)Cc1ccc(C)c(C)c1. The fraction of sp³-hybridized carbons (Fsp3) is 0.286. The number of anilines is 1. The molecule has 0 aliphatic rings. The largest absolute Gasteiger partial charge is 0.462 e. The Balaban J connectivity index is 1.90. The molecular weight excluding hydrogens is 346 g/mol. The second-order valence-corrected chi connectivity index (χ2v) is 6.07. The number of hydrogen-bond acceptors (Lipinski definition) is 5. The summed E-state index contributed by atoms with van der Waals surface area (Å²) >= 11 is 0. The van der Waals surface area contributed by atoms with Crippen LogP contribution in [0, 0.1) is 13.8 Å². The van der Waals surface area contributed by atoms with Crippen molar-refractivity contribution in [3.05, 3.63) is 64.7 Å². The fourth-order valence-electron chi connectivity index (χ4n) is 2.44. The number of aryl methyl sites for hydroxylation is 2. The number of ether oxygens (including phenoxy) is 2. The molecule has 6 nitrogen and oxygen atoms in total. The van der Waals surface area contributed by atoms with Gasteiger partial charge in [0.2, 0.25) is 0 Å². The van der Waals surface area contributed by atoms with Crippen LogP contribution >= 0.6 is 0 Å². The van der Waals surface area contributed by atoms with Crippen LogP contribution in [0.15, 0.2) is 42.5 Å². The summed E-state index contributed by atoms with van der Waals surface area (Å²) in [4.78, 5) is 35.9. The number of carbonyl (C=O) groups is 3. The van der Waals surface area contributed by atoms with Gasteiger partial charge in [0.25, 0.3) is 5.91 Å². The lowest BCUT2D eigenvalue weighted by molar-refractivity contribution is -0.146. The van der Waals surface area contributed by atoms with E-state index in [9.17, 15) is 14.4 Å². The van der Waals surface area contributed by atoms with Crippen LogP contribution in [0.3, 0.4) is 0 Å². The highest BCUT2D eigenvalue weighted by molar-refractivity contribution is 6.01. The highest BCUT2D eigenvalue weighted by Gasteiger charge is 2.15. The third-order valence-electron chi connectivity index (χ3n) is 3.98. The van der Waals surface area contributed by atoms with Crippen molar-refractivity contribution in [3.8, 4) is 0 Å². The van der Waals surface area contributed by atoms with E-state index in [0.717, 1.165) is 16.7 Å². The molecule has 0 heterocycles. The number of amides is 1. The van der Waals surface area contributed by atoms with Crippen LogP contribution in [0.2, 0.25) is 0 Å². The fourth-order valence-corrected chi connectivity index (χ4v) is 2.44. The van der Waals surface area contributed by atoms with E-state index in [2.05, 4.69) is 5.32 Å². The summed E-state index contributed by atoms with van der Waals surface area (Å²) in [6.07, 6.45) is 0.0911. The molecule has 0 fully saturated rings. The van der Waals surface area contributed by atoms with E-state index in [1.54, 1.807) is 31.2 Å². The standard InChI is InChI=1S/C21H23NO5/c1-4-26-21(25)17-7-5-6-8-18(17)22-19(23)13-27-20(24)12-16-10-9-14(2)15(3)11-16/h5-11H,4,12-13H2,1-3H3,(H,22,23). The number of hydrogen-bond donors (Lipinski definition) is 1. The third kappa shape index (κ3) is 5.95. The summed E-state index contributed by atoms with van der Waals surface area (Å²) in [5, 5.41) is 2.57. The Labute approximate surface area is 158 Å². The number of benzene rings is 2.